The minimum Gasteiger partial charge on any atom is -0.492 e. The van der Waals surface area contributed by atoms with Crippen molar-refractivity contribution >= 4 is 21.4 Å². The van der Waals surface area contributed by atoms with Gasteiger partial charge in [0.05, 0.1) is 0 Å². The number of hydrogen-bond acceptors (Lipinski definition) is 5. The highest BCUT2D eigenvalue weighted by Crippen LogP contribution is 2.40. The van der Waals surface area contributed by atoms with Crippen LogP contribution in [0.2, 0.25) is 0 Å². The Morgan fingerprint density at radius 3 is 2.21 bits per heavy atom. The molecule has 0 amide bonds. The van der Waals surface area contributed by atoms with Gasteiger partial charge < -0.3 is 9.47 Å². The quantitative estimate of drug-likeness (QED) is 0.197. The fourth-order valence-electron chi connectivity index (χ4n) is 5.92. The third-order valence-corrected chi connectivity index (χ3v) is 9.51. The number of likely N-dealkylation sites (tertiary alicyclic amines) is 2. The van der Waals surface area contributed by atoms with Gasteiger partial charge in [0.15, 0.2) is 0 Å². The van der Waals surface area contributed by atoms with Crippen LogP contribution in [-0.2, 0) is 6.42 Å². The topological polar surface area (TPSA) is 24.9 Å². The van der Waals surface area contributed by atoms with E-state index in [2.05, 4.69) is 89.5 Å². The molecule has 4 nitrogen and oxygen atoms in total. The van der Waals surface area contributed by atoms with Crippen LogP contribution in [-0.4, -0.2) is 61.8 Å². The largest absolute Gasteiger partial charge is 0.492 e. The van der Waals surface area contributed by atoms with Crippen LogP contribution in [0.25, 0.3) is 20.5 Å². The summed E-state index contributed by atoms with van der Waals surface area (Å²) in [6.45, 7) is 9.62. The van der Waals surface area contributed by atoms with Crippen LogP contribution in [0.3, 0.4) is 0 Å². The van der Waals surface area contributed by atoms with Gasteiger partial charge in [-0.2, -0.15) is 0 Å². The van der Waals surface area contributed by atoms with Gasteiger partial charge in [-0.3, -0.25) is 9.80 Å². The zero-order valence-electron chi connectivity index (χ0n) is 23.1. The lowest BCUT2D eigenvalue weighted by molar-refractivity contribution is 0.172. The number of fused-ring (bicyclic) bond motifs is 1. The summed E-state index contributed by atoms with van der Waals surface area (Å²) in [5.74, 6) is 1.91. The maximum Gasteiger partial charge on any atom is 0.119 e. The summed E-state index contributed by atoms with van der Waals surface area (Å²) in [7, 11) is 0. The fourth-order valence-corrected chi connectivity index (χ4v) is 7.15. The van der Waals surface area contributed by atoms with Crippen molar-refractivity contribution in [1.82, 2.24) is 9.80 Å². The third-order valence-electron chi connectivity index (χ3n) is 8.25. The molecule has 0 bridgehead atoms. The van der Waals surface area contributed by atoms with Crippen LogP contribution in [0.1, 0.15) is 43.7 Å². The molecule has 5 heteroatoms. The molecule has 204 valence electrons. The molecule has 0 aliphatic carbocycles. The number of benzene rings is 3. The van der Waals surface area contributed by atoms with E-state index in [4.69, 9.17) is 9.47 Å². The SMILES string of the molecule is C[C@@H](COc1ccc(Cc2c(-c3ccc(OCCN4CCCC4)cc3)sc3ccccc23)cc1)N1CCCC1. The highest BCUT2D eigenvalue weighted by atomic mass is 32.1. The van der Waals surface area contributed by atoms with E-state index in [1.165, 1.54) is 83.5 Å². The average Bonchev–Trinajstić information content (AvgIpc) is 3.75. The van der Waals surface area contributed by atoms with Crippen LogP contribution in [0.15, 0.2) is 72.8 Å². The molecule has 0 unspecified atom stereocenters. The van der Waals surface area contributed by atoms with Crippen LogP contribution in [0.4, 0.5) is 0 Å². The van der Waals surface area contributed by atoms with Gasteiger partial charge >= 0.3 is 0 Å². The van der Waals surface area contributed by atoms with Crippen molar-refractivity contribution in [2.45, 2.75) is 45.1 Å². The number of nitrogens with zero attached hydrogens (tertiary/aromatic N) is 2. The molecular weight excluding hydrogens is 500 g/mol. The molecule has 2 fully saturated rings. The van der Waals surface area contributed by atoms with Gasteiger partial charge in [-0.15, -0.1) is 11.3 Å². The Kier molecular flexibility index (Phi) is 8.48. The third kappa shape index (κ3) is 6.49. The van der Waals surface area contributed by atoms with Crippen molar-refractivity contribution in [2.75, 3.05) is 45.9 Å². The Hall–Kier alpha value is -2.86. The van der Waals surface area contributed by atoms with Crippen LogP contribution >= 0.6 is 11.3 Å². The number of thiophene rings is 1. The molecule has 3 aromatic carbocycles. The van der Waals surface area contributed by atoms with Crippen molar-refractivity contribution in [1.29, 1.82) is 0 Å². The molecule has 0 saturated carbocycles. The number of ether oxygens (including phenoxy) is 2. The van der Waals surface area contributed by atoms with E-state index < -0.39 is 0 Å². The van der Waals surface area contributed by atoms with Crippen molar-refractivity contribution in [3.63, 3.8) is 0 Å². The molecule has 39 heavy (non-hydrogen) atoms. The van der Waals surface area contributed by atoms with E-state index >= 15 is 0 Å². The van der Waals surface area contributed by atoms with Gasteiger partial charge in [0, 0.05) is 22.2 Å². The summed E-state index contributed by atoms with van der Waals surface area (Å²) in [4.78, 5) is 6.37. The predicted molar refractivity (Wildman–Crippen MR) is 163 cm³/mol. The summed E-state index contributed by atoms with van der Waals surface area (Å²) in [6.07, 6.45) is 6.17. The number of hydrogen-bond donors (Lipinski definition) is 0. The molecule has 2 saturated heterocycles. The summed E-state index contributed by atoms with van der Waals surface area (Å²) in [6, 6.07) is 26.7. The Morgan fingerprint density at radius 1 is 0.769 bits per heavy atom. The van der Waals surface area contributed by atoms with Crippen LogP contribution < -0.4 is 9.47 Å². The van der Waals surface area contributed by atoms with E-state index in [1.54, 1.807) is 0 Å². The monoisotopic (exact) mass is 540 g/mol. The molecule has 1 atom stereocenters. The highest BCUT2D eigenvalue weighted by Gasteiger charge is 2.19. The summed E-state index contributed by atoms with van der Waals surface area (Å²) >= 11 is 1.89. The van der Waals surface area contributed by atoms with Crippen molar-refractivity contribution < 1.29 is 9.47 Å². The summed E-state index contributed by atoms with van der Waals surface area (Å²) in [5, 5.41) is 1.35. The first-order valence-electron chi connectivity index (χ1n) is 14.6. The second-order valence-corrected chi connectivity index (χ2v) is 12.1. The molecular formula is C34H40N2O2S. The number of rotatable bonds is 11. The van der Waals surface area contributed by atoms with Crippen LogP contribution in [0, 0.1) is 0 Å². The van der Waals surface area contributed by atoms with E-state index in [1.807, 2.05) is 11.3 Å². The first-order chi connectivity index (χ1) is 19.2. The maximum atomic E-state index is 6.15. The second kappa shape index (κ2) is 12.5. The highest BCUT2D eigenvalue weighted by molar-refractivity contribution is 7.22. The molecule has 4 aromatic rings. The minimum atomic E-state index is 0.466. The first-order valence-corrected chi connectivity index (χ1v) is 15.5. The van der Waals surface area contributed by atoms with Gasteiger partial charge in [0.25, 0.3) is 0 Å². The summed E-state index contributed by atoms with van der Waals surface area (Å²) in [5.41, 5.74) is 3.96. The van der Waals surface area contributed by atoms with Crippen molar-refractivity contribution in [3.8, 4) is 21.9 Å². The average molecular weight is 541 g/mol. The molecule has 6 rings (SSSR count). The second-order valence-electron chi connectivity index (χ2n) is 11.1. The van der Waals surface area contributed by atoms with Crippen molar-refractivity contribution in [2.24, 2.45) is 0 Å². The van der Waals surface area contributed by atoms with Gasteiger partial charge in [-0.1, -0.05) is 30.3 Å². The van der Waals surface area contributed by atoms with E-state index in [0.29, 0.717) is 6.04 Å². The Balaban J connectivity index is 1.13. The Morgan fingerprint density at radius 2 is 1.44 bits per heavy atom. The fraction of sp³-hybridized carbons (Fsp3) is 0.412. The summed E-state index contributed by atoms with van der Waals surface area (Å²) < 4.78 is 13.6. The molecule has 3 heterocycles. The normalized spacial score (nSPS) is 17.2. The van der Waals surface area contributed by atoms with Gasteiger partial charge in [-0.05, 0) is 130 Å². The minimum absolute atomic E-state index is 0.466. The van der Waals surface area contributed by atoms with Crippen molar-refractivity contribution in [3.05, 3.63) is 83.9 Å². The molecule has 0 spiro atoms. The smallest absolute Gasteiger partial charge is 0.119 e. The predicted octanol–water partition coefficient (Wildman–Crippen LogP) is 7.50. The van der Waals surface area contributed by atoms with E-state index in [0.717, 1.165) is 37.7 Å². The Bertz CT molecular complexity index is 1340. The molecule has 0 radical (unpaired) electrons. The van der Waals surface area contributed by atoms with Gasteiger partial charge in [0.1, 0.15) is 24.7 Å². The molecule has 2 aliphatic heterocycles. The Labute approximate surface area is 237 Å². The van der Waals surface area contributed by atoms with Gasteiger partial charge in [-0.25, -0.2) is 0 Å². The first kappa shape index (κ1) is 26.4. The lowest BCUT2D eigenvalue weighted by Crippen LogP contribution is -2.34. The van der Waals surface area contributed by atoms with E-state index in [9.17, 15) is 0 Å². The van der Waals surface area contributed by atoms with Crippen LogP contribution in [0.5, 0.6) is 11.5 Å². The lowest BCUT2D eigenvalue weighted by atomic mass is 9.99. The standard InChI is InChI=1S/C34H40N2O2S/c1-26(36-20-6-7-21-36)25-38-30-14-10-27(11-15-30)24-32-31-8-2-3-9-33(31)39-34(32)28-12-16-29(17-13-28)37-23-22-35-18-4-5-19-35/h2-3,8-17,26H,4-7,18-25H2,1H3/t26-/m0/s1. The molecule has 1 aromatic heterocycles. The molecule has 0 N–H and O–H groups in total. The maximum absolute atomic E-state index is 6.15. The molecule has 2 aliphatic rings. The zero-order valence-corrected chi connectivity index (χ0v) is 23.9. The zero-order chi connectivity index (χ0) is 26.4. The van der Waals surface area contributed by atoms with Gasteiger partial charge in [0.2, 0.25) is 0 Å². The lowest BCUT2D eigenvalue weighted by Gasteiger charge is -2.23. The van der Waals surface area contributed by atoms with E-state index in [-0.39, 0.29) is 0 Å².